The molecule has 3 aliphatic heterocycles. The van der Waals surface area contributed by atoms with Crippen LogP contribution in [-0.2, 0) is 9.59 Å². The highest BCUT2D eigenvalue weighted by atomic mass is 19.1. The number of nitrogens with two attached hydrogens (primary N) is 1. The number of ketones is 1. The second-order valence-electron chi connectivity index (χ2n) is 8.53. The molecule has 0 amide bonds. The summed E-state index contributed by atoms with van der Waals surface area (Å²) in [5, 5.41) is 9.46. The Kier molecular flexibility index (Phi) is 5.23. The molecule has 3 N–H and O–H groups in total. The van der Waals surface area contributed by atoms with E-state index in [2.05, 4.69) is 0 Å². The van der Waals surface area contributed by atoms with Crippen molar-refractivity contribution in [1.29, 1.82) is 0 Å². The van der Waals surface area contributed by atoms with Gasteiger partial charge in [-0.25, -0.2) is 4.39 Å². The van der Waals surface area contributed by atoms with Crippen molar-refractivity contribution < 1.29 is 23.5 Å². The number of carboxylic acid groups (broad SMARTS) is 1. The van der Waals surface area contributed by atoms with E-state index in [4.69, 9.17) is 5.73 Å². The minimum Gasteiger partial charge on any atom is -0.481 e. The van der Waals surface area contributed by atoms with Gasteiger partial charge in [-0.1, -0.05) is 0 Å². The van der Waals surface area contributed by atoms with Gasteiger partial charge < -0.3 is 20.6 Å². The molecule has 0 aromatic rings. The van der Waals surface area contributed by atoms with Crippen LogP contribution in [-0.4, -0.2) is 59.0 Å². The molecular formula is C21H27F2N3O3. The zero-order valence-corrected chi connectivity index (χ0v) is 16.5. The molecule has 6 nitrogen and oxygen atoms in total. The van der Waals surface area contributed by atoms with Gasteiger partial charge in [0, 0.05) is 37.4 Å². The van der Waals surface area contributed by atoms with Gasteiger partial charge in [0.05, 0.1) is 18.1 Å². The summed E-state index contributed by atoms with van der Waals surface area (Å²) in [6, 6.07) is -0.244. The number of carboxylic acids is 1. The van der Waals surface area contributed by atoms with E-state index in [1.54, 1.807) is 11.8 Å². The molecule has 0 spiro atoms. The Morgan fingerprint density at radius 2 is 2.00 bits per heavy atom. The lowest BCUT2D eigenvalue weighted by molar-refractivity contribution is -0.146. The largest absolute Gasteiger partial charge is 0.481 e. The van der Waals surface area contributed by atoms with Crippen LogP contribution in [0.25, 0.3) is 0 Å². The molecule has 1 saturated carbocycles. The number of hydrogen-bond donors (Lipinski definition) is 2. The van der Waals surface area contributed by atoms with Gasteiger partial charge in [0.1, 0.15) is 5.92 Å². The van der Waals surface area contributed by atoms with Crippen LogP contribution in [0.1, 0.15) is 32.6 Å². The molecule has 29 heavy (non-hydrogen) atoms. The summed E-state index contributed by atoms with van der Waals surface area (Å²) in [7, 11) is 0. The average molecular weight is 407 g/mol. The van der Waals surface area contributed by atoms with Crippen LogP contribution < -0.4 is 5.73 Å². The van der Waals surface area contributed by atoms with Crippen LogP contribution in [0.15, 0.2) is 34.6 Å². The summed E-state index contributed by atoms with van der Waals surface area (Å²) in [6.07, 6.45) is 4.12. The number of rotatable bonds is 5. The van der Waals surface area contributed by atoms with Crippen molar-refractivity contribution in [3.05, 3.63) is 34.6 Å². The number of allylic oxidation sites excluding steroid dienone is 3. The van der Waals surface area contributed by atoms with Crippen LogP contribution in [0, 0.1) is 17.8 Å². The molecule has 0 bridgehead atoms. The third-order valence-electron chi connectivity index (χ3n) is 6.60. The van der Waals surface area contributed by atoms with E-state index in [-0.39, 0.29) is 30.2 Å². The van der Waals surface area contributed by atoms with Crippen LogP contribution in [0.4, 0.5) is 8.78 Å². The van der Waals surface area contributed by atoms with E-state index >= 15 is 4.39 Å². The Morgan fingerprint density at radius 3 is 2.59 bits per heavy atom. The topological polar surface area (TPSA) is 86.9 Å². The molecule has 8 heteroatoms. The molecule has 0 radical (unpaired) electrons. The first kappa shape index (κ1) is 20.1. The number of Topliss-reactive ketones (excluding diaryl/α,β-unsaturated/α-hetero) is 1. The Bertz CT molecular complexity index is 831. The number of likely N-dealkylation sites (tertiary alicyclic amines) is 1. The van der Waals surface area contributed by atoms with E-state index in [0.29, 0.717) is 48.5 Å². The van der Waals surface area contributed by atoms with Gasteiger partial charge in [-0.3, -0.25) is 14.0 Å². The monoisotopic (exact) mass is 407 g/mol. The highest BCUT2D eigenvalue weighted by Crippen LogP contribution is 2.47. The van der Waals surface area contributed by atoms with Gasteiger partial charge in [0.15, 0.2) is 11.6 Å². The van der Waals surface area contributed by atoms with Crippen LogP contribution in [0.5, 0.6) is 0 Å². The molecule has 4 rings (SSSR count). The number of hydrogen-bond acceptors (Lipinski definition) is 5. The highest BCUT2D eigenvalue weighted by Gasteiger charge is 2.46. The summed E-state index contributed by atoms with van der Waals surface area (Å²) in [5.41, 5.74) is 8.49. The molecule has 3 heterocycles. The standard InChI is InChI=1S/C21H27F2N3O3/c1-11-18(25-7-5-12(4-6-22)16(24)10-25)15(23)9-26-8-14(21(28)29)20(27)17(19(11)26)13-2-3-13/h9,12-14,16H,2-8,10,24H2,1H3,(H,28,29)/t12-,14?,16+/m0/s1. The predicted octanol–water partition coefficient (Wildman–Crippen LogP) is 2.34. The number of alkyl halides is 1. The first-order valence-corrected chi connectivity index (χ1v) is 10.3. The maximum Gasteiger partial charge on any atom is 0.316 e. The SMILES string of the molecule is CC1=C(N2CC[C@H](CCF)[C@H](N)C2)C(F)=CN2CC(C(=O)O)C(=O)C(C3CC3)=C12. The van der Waals surface area contributed by atoms with Gasteiger partial charge in [0.25, 0.3) is 0 Å². The zero-order valence-electron chi connectivity index (χ0n) is 16.5. The van der Waals surface area contributed by atoms with Gasteiger partial charge in [-0.15, -0.1) is 0 Å². The first-order chi connectivity index (χ1) is 13.8. The van der Waals surface area contributed by atoms with Gasteiger partial charge >= 0.3 is 5.97 Å². The van der Waals surface area contributed by atoms with Crippen LogP contribution in [0.2, 0.25) is 0 Å². The lowest BCUT2D eigenvalue weighted by atomic mass is 9.84. The molecular weight excluding hydrogens is 380 g/mol. The normalized spacial score (nSPS) is 30.6. The van der Waals surface area contributed by atoms with E-state index in [1.165, 1.54) is 6.20 Å². The Morgan fingerprint density at radius 1 is 1.28 bits per heavy atom. The van der Waals surface area contributed by atoms with Crippen LogP contribution in [0.3, 0.4) is 0 Å². The Hall–Kier alpha value is -2.22. The maximum atomic E-state index is 15.2. The highest BCUT2D eigenvalue weighted by molar-refractivity contribution is 6.10. The van der Waals surface area contributed by atoms with Crippen molar-refractivity contribution in [3.8, 4) is 0 Å². The minimum atomic E-state index is -1.17. The number of piperidine rings is 1. The van der Waals surface area contributed by atoms with Crippen molar-refractivity contribution in [1.82, 2.24) is 9.80 Å². The summed E-state index contributed by atoms with van der Waals surface area (Å²) >= 11 is 0. The van der Waals surface area contributed by atoms with Crippen molar-refractivity contribution in [2.45, 2.75) is 38.6 Å². The Balaban J connectivity index is 1.72. The van der Waals surface area contributed by atoms with Crippen molar-refractivity contribution >= 4 is 11.8 Å². The minimum absolute atomic E-state index is 0.0467. The number of nitrogens with zero attached hydrogens (tertiary/aromatic N) is 2. The van der Waals surface area contributed by atoms with E-state index < -0.39 is 24.4 Å². The number of aliphatic carboxylic acids is 1. The fourth-order valence-corrected chi connectivity index (χ4v) is 4.93. The molecule has 0 aromatic heterocycles. The van der Waals surface area contributed by atoms with E-state index in [9.17, 15) is 19.1 Å². The number of carbonyl (C=O) groups is 2. The zero-order chi connectivity index (χ0) is 20.9. The van der Waals surface area contributed by atoms with Crippen LogP contribution >= 0.6 is 0 Å². The van der Waals surface area contributed by atoms with Gasteiger partial charge in [0.2, 0.25) is 0 Å². The van der Waals surface area contributed by atoms with E-state index in [1.807, 2.05) is 4.90 Å². The molecule has 158 valence electrons. The lowest BCUT2D eigenvalue weighted by Crippen LogP contribution is -2.49. The third-order valence-corrected chi connectivity index (χ3v) is 6.60. The summed E-state index contributed by atoms with van der Waals surface area (Å²) in [6.45, 7) is 2.32. The van der Waals surface area contributed by atoms with E-state index in [0.717, 1.165) is 12.8 Å². The molecule has 4 aliphatic rings. The molecule has 0 aromatic carbocycles. The number of fused-ring (bicyclic) bond motifs is 1. The van der Waals surface area contributed by atoms with Gasteiger partial charge in [-0.05, 0) is 50.0 Å². The molecule has 2 fully saturated rings. The van der Waals surface area contributed by atoms with Crippen molar-refractivity contribution in [2.75, 3.05) is 26.3 Å². The number of carbonyl (C=O) groups excluding carboxylic acids is 1. The fraction of sp³-hybridized carbons (Fsp3) is 0.619. The second-order valence-corrected chi connectivity index (χ2v) is 8.53. The summed E-state index contributed by atoms with van der Waals surface area (Å²) in [4.78, 5) is 28.0. The van der Waals surface area contributed by atoms with Crippen molar-refractivity contribution in [2.24, 2.45) is 23.5 Å². The van der Waals surface area contributed by atoms with Crippen molar-refractivity contribution in [3.63, 3.8) is 0 Å². The lowest BCUT2D eigenvalue weighted by Gasteiger charge is -2.43. The second kappa shape index (κ2) is 7.55. The fourth-order valence-electron chi connectivity index (χ4n) is 4.93. The third kappa shape index (κ3) is 3.47. The molecule has 1 aliphatic carbocycles. The smallest absolute Gasteiger partial charge is 0.316 e. The molecule has 1 unspecified atom stereocenters. The first-order valence-electron chi connectivity index (χ1n) is 10.3. The quantitative estimate of drug-likeness (QED) is 0.681. The average Bonchev–Trinajstić information content (AvgIpc) is 3.49. The van der Waals surface area contributed by atoms with Gasteiger partial charge in [-0.2, -0.15) is 0 Å². The summed E-state index contributed by atoms with van der Waals surface area (Å²) < 4.78 is 27.9. The number of halogens is 2. The predicted molar refractivity (Wildman–Crippen MR) is 103 cm³/mol. The maximum absolute atomic E-state index is 15.2. The Labute approximate surface area is 168 Å². The molecule has 1 saturated heterocycles. The summed E-state index contributed by atoms with van der Waals surface area (Å²) in [5.74, 6) is -3.01. The molecule has 3 atom stereocenters.